The number of nitrogens with one attached hydrogen (secondary N) is 1. The van der Waals surface area contributed by atoms with Gasteiger partial charge in [-0.1, -0.05) is 15.9 Å². The molecule has 1 aromatic heterocycles. The third-order valence-corrected chi connectivity index (χ3v) is 4.76. The zero-order chi connectivity index (χ0) is 14.6. The van der Waals surface area contributed by atoms with Gasteiger partial charge in [0.15, 0.2) is 0 Å². The topological polar surface area (TPSA) is 64.0 Å². The Bertz CT molecular complexity index is 665. The lowest BCUT2D eigenvalue weighted by atomic mass is 10.4. The number of hydrogen-bond donors (Lipinski definition) is 1. The van der Waals surface area contributed by atoms with E-state index in [0.29, 0.717) is 19.5 Å². The third kappa shape index (κ3) is 4.16. The average molecular weight is 358 g/mol. The molecule has 7 heteroatoms. The quantitative estimate of drug-likeness (QED) is 0.806. The van der Waals surface area contributed by atoms with E-state index in [4.69, 9.17) is 0 Å². The second-order valence-electron chi connectivity index (χ2n) is 4.43. The van der Waals surface area contributed by atoms with Gasteiger partial charge < -0.3 is 0 Å². The normalized spacial score (nSPS) is 11.7. The van der Waals surface area contributed by atoms with Crippen molar-refractivity contribution >= 4 is 26.0 Å². The fourth-order valence-corrected chi connectivity index (χ4v) is 3.07. The van der Waals surface area contributed by atoms with Gasteiger partial charge in [0.05, 0.1) is 10.6 Å². The number of aromatic nitrogens is 2. The molecule has 0 saturated carbocycles. The number of nitrogens with zero attached hydrogens (tertiary/aromatic N) is 2. The van der Waals surface area contributed by atoms with E-state index in [0.717, 1.165) is 10.2 Å². The minimum Gasteiger partial charge on any atom is -0.272 e. The molecule has 0 aliphatic carbocycles. The Morgan fingerprint density at radius 3 is 2.55 bits per heavy atom. The highest BCUT2D eigenvalue weighted by molar-refractivity contribution is 9.10. The minimum absolute atomic E-state index is 0.274. The molecule has 2 aromatic rings. The molecule has 2 rings (SSSR count). The first-order valence-corrected chi connectivity index (χ1v) is 8.50. The van der Waals surface area contributed by atoms with E-state index < -0.39 is 10.0 Å². The molecule has 0 unspecified atom stereocenters. The first-order valence-electron chi connectivity index (χ1n) is 6.23. The number of halogens is 1. The van der Waals surface area contributed by atoms with Crippen molar-refractivity contribution in [1.29, 1.82) is 0 Å². The SMILES string of the molecule is Cc1ccn(CCCNS(=O)(=O)c2ccc(Br)cc2)n1. The monoisotopic (exact) mass is 357 g/mol. The van der Waals surface area contributed by atoms with Crippen molar-refractivity contribution in [2.24, 2.45) is 0 Å². The van der Waals surface area contributed by atoms with Crippen LogP contribution >= 0.6 is 15.9 Å². The van der Waals surface area contributed by atoms with Gasteiger partial charge in [0.25, 0.3) is 0 Å². The highest BCUT2D eigenvalue weighted by atomic mass is 79.9. The van der Waals surface area contributed by atoms with E-state index in [1.807, 2.05) is 23.9 Å². The zero-order valence-electron chi connectivity index (χ0n) is 11.1. The summed E-state index contributed by atoms with van der Waals surface area (Å²) in [7, 11) is -3.43. The summed E-state index contributed by atoms with van der Waals surface area (Å²) in [5.74, 6) is 0. The van der Waals surface area contributed by atoms with Crippen molar-refractivity contribution in [2.45, 2.75) is 24.8 Å². The first-order chi connectivity index (χ1) is 9.47. The summed E-state index contributed by atoms with van der Waals surface area (Å²) in [4.78, 5) is 0.274. The molecule has 0 saturated heterocycles. The molecule has 108 valence electrons. The molecule has 0 amide bonds. The van der Waals surface area contributed by atoms with E-state index in [2.05, 4.69) is 25.8 Å². The van der Waals surface area contributed by atoms with Crippen LogP contribution < -0.4 is 4.72 Å². The Kier molecular flexibility index (Phi) is 4.95. The van der Waals surface area contributed by atoms with Gasteiger partial charge in [0.2, 0.25) is 10.0 Å². The number of aryl methyl sites for hydroxylation is 2. The Labute approximate surface area is 127 Å². The summed E-state index contributed by atoms with van der Waals surface area (Å²) in [6.07, 6.45) is 2.58. The smallest absolute Gasteiger partial charge is 0.240 e. The van der Waals surface area contributed by atoms with Crippen molar-refractivity contribution in [3.63, 3.8) is 0 Å². The van der Waals surface area contributed by atoms with Crippen LogP contribution in [0.2, 0.25) is 0 Å². The van der Waals surface area contributed by atoms with E-state index in [1.54, 1.807) is 24.3 Å². The van der Waals surface area contributed by atoms with Crippen LogP contribution in [0.5, 0.6) is 0 Å². The summed E-state index contributed by atoms with van der Waals surface area (Å²) < 4.78 is 29.3. The second kappa shape index (κ2) is 6.51. The molecular formula is C13H16BrN3O2S. The third-order valence-electron chi connectivity index (χ3n) is 2.75. The molecule has 0 bridgehead atoms. The average Bonchev–Trinajstić information content (AvgIpc) is 2.81. The number of rotatable bonds is 6. The van der Waals surface area contributed by atoms with Crippen LogP contribution in [0.25, 0.3) is 0 Å². The molecule has 0 fully saturated rings. The maximum absolute atomic E-state index is 12.0. The van der Waals surface area contributed by atoms with Gasteiger partial charge in [-0.15, -0.1) is 0 Å². The van der Waals surface area contributed by atoms with Crippen LogP contribution in [0.15, 0.2) is 45.9 Å². The van der Waals surface area contributed by atoms with Gasteiger partial charge in [-0.25, -0.2) is 13.1 Å². The van der Waals surface area contributed by atoms with Crippen molar-refractivity contribution < 1.29 is 8.42 Å². The summed E-state index contributed by atoms with van der Waals surface area (Å²) >= 11 is 3.28. The highest BCUT2D eigenvalue weighted by Crippen LogP contribution is 2.14. The lowest BCUT2D eigenvalue weighted by molar-refractivity contribution is 0.551. The van der Waals surface area contributed by atoms with Gasteiger partial charge in [-0.2, -0.15) is 5.10 Å². The van der Waals surface area contributed by atoms with Gasteiger partial charge in [0.1, 0.15) is 0 Å². The molecule has 1 N–H and O–H groups in total. The van der Waals surface area contributed by atoms with Crippen molar-refractivity contribution in [2.75, 3.05) is 6.54 Å². The van der Waals surface area contributed by atoms with Gasteiger partial charge >= 0.3 is 0 Å². The molecule has 0 atom stereocenters. The van der Waals surface area contributed by atoms with E-state index >= 15 is 0 Å². The van der Waals surface area contributed by atoms with Crippen LogP contribution in [0.4, 0.5) is 0 Å². The lowest BCUT2D eigenvalue weighted by Crippen LogP contribution is -2.25. The van der Waals surface area contributed by atoms with Crippen LogP contribution in [0, 0.1) is 6.92 Å². The Balaban J connectivity index is 1.85. The summed E-state index contributed by atoms with van der Waals surface area (Å²) in [6, 6.07) is 8.49. The van der Waals surface area contributed by atoms with E-state index in [1.165, 1.54) is 0 Å². The minimum atomic E-state index is -3.43. The van der Waals surface area contributed by atoms with Gasteiger partial charge in [-0.05, 0) is 43.7 Å². The zero-order valence-corrected chi connectivity index (χ0v) is 13.5. The van der Waals surface area contributed by atoms with Crippen LogP contribution in [-0.4, -0.2) is 24.7 Å². The molecule has 0 spiro atoms. The van der Waals surface area contributed by atoms with Gasteiger partial charge in [0, 0.05) is 23.8 Å². The van der Waals surface area contributed by atoms with Crippen LogP contribution in [0.3, 0.4) is 0 Å². The Hall–Kier alpha value is -1.18. The summed E-state index contributed by atoms with van der Waals surface area (Å²) in [5.41, 5.74) is 0.959. The maximum Gasteiger partial charge on any atom is 0.240 e. The van der Waals surface area contributed by atoms with Crippen molar-refractivity contribution in [1.82, 2.24) is 14.5 Å². The van der Waals surface area contributed by atoms with Crippen molar-refractivity contribution in [3.8, 4) is 0 Å². The first kappa shape index (κ1) is 15.2. The predicted octanol–water partition coefficient (Wildman–Crippen LogP) is 2.32. The fourth-order valence-electron chi connectivity index (χ4n) is 1.73. The molecular weight excluding hydrogens is 342 g/mol. The number of benzene rings is 1. The largest absolute Gasteiger partial charge is 0.272 e. The fraction of sp³-hybridized carbons (Fsp3) is 0.308. The van der Waals surface area contributed by atoms with Crippen LogP contribution in [0.1, 0.15) is 12.1 Å². The standard InChI is InChI=1S/C13H16BrN3O2S/c1-11-7-10-17(16-11)9-2-8-15-20(18,19)13-5-3-12(14)4-6-13/h3-7,10,15H,2,8-9H2,1H3. The van der Waals surface area contributed by atoms with E-state index in [-0.39, 0.29) is 4.90 Å². The van der Waals surface area contributed by atoms with Gasteiger partial charge in [-0.3, -0.25) is 4.68 Å². The number of sulfonamides is 1. The molecule has 20 heavy (non-hydrogen) atoms. The predicted molar refractivity (Wildman–Crippen MR) is 80.9 cm³/mol. The summed E-state index contributed by atoms with van der Waals surface area (Å²) in [6.45, 7) is 3.00. The Morgan fingerprint density at radius 2 is 1.95 bits per heavy atom. The maximum atomic E-state index is 12.0. The lowest BCUT2D eigenvalue weighted by Gasteiger charge is -2.07. The number of hydrogen-bond acceptors (Lipinski definition) is 3. The molecule has 0 radical (unpaired) electrons. The van der Waals surface area contributed by atoms with Crippen LogP contribution in [-0.2, 0) is 16.6 Å². The highest BCUT2D eigenvalue weighted by Gasteiger charge is 2.12. The van der Waals surface area contributed by atoms with Crippen molar-refractivity contribution in [3.05, 3.63) is 46.7 Å². The molecule has 0 aliphatic rings. The second-order valence-corrected chi connectivity index (χ2v) is 7.11. The molecule has 1 aromatic carbocycles. The summed E-state index contributed by atoms with van der Waals surface area (Å²) in [5, 5.41) is 4.25. The molecule has 0 aliphatic heterocycles. The van der Waals surface area contributed by atoms with E-state index in [9.17, 15) is 8.42 Å². The molecule has 5 nitrogen and oxygen atoms in total. The Morgan fingerprint density at radius 1 is 1.25 bits per heavy atom. The molecule has 1 heterocycles.